The molecule has 0 radical (unpaired) electrons. The van der Waals surface area contributed by atoms with Gasteiger partial charge in [0.1, 0.15) is 4.83 Å². The van der Waals surface area contributed by atoms with Gasteiger partial charge < -0.3 is 4.98 Å². The monoisotopic (exact) mass is 391 g/mol. The minimum absolute atomic E-state index is 0.107. The van der Waals surface area contributed by atoms with E-state index >= 15 is 0 Å². The first-order valence-electron chi connectivity index (χ1n) is 9.58. The number of H-pyrrole nitrogens is 1. The molecule has 1 aliphatic rings. The summed E-state index contributed by atoms with van der Waals surface area (Å²) in [5.74, 6) is 0.107. The van der Waals surface area contributed by atoms with Gasteiger partial charge >= 0.3 is 0 Å². The number of unbranched alkanes of at least 4 members (excludes halogenated alkanes) is 1. The van der Waals surface area contributed by atoms with Crippen LogP contribution in [0.3, 0.4) is 0 Å². The maximum atomic E-state index is 13.0. The predicted molar refractivity (Wildman–Crippen MR) is 116 cm³/mol. The van der Waals surface area contributed by atoms with E-state index in [4.69, 9.17) is 11.6 Å². The molecule has 0 aromatic carbocycles. The second-order valence-electron chi connectivity index (χ2n) is 7.19. The molecule has 0 fully saturated rings. The maximum absolute atomic E-state index is 13.0. The number of rotatable bonds is 4. The third kappa shape index (κ3) is 4.89. The van der Waals surface area contributed by atoms with Crippen LogP contribution < -0.4 is 0 Å². The number of Topliss-reactive ketones (excluding diaryl/α,β-unsaturated/α-hetero) is 1. The summed E-state index contributed by atoms with van der Waals surface area (Å²) >= 11 is 7.48. The summed E-state index contributed by atoms with van der Waals surface area (Å²) in [6.07, 6.45) is 7.16. The summed E-state index contributed by atoms with van der Waals surface area (Å²) in [4.78, 5) is 17.2. The highest BCUT2D eigenvalue weighted by molar-refractivity contribution is 7.22. The Labute approximate surface area is 166 Å². The van der Waals surface area contributed by atoms with E-state index in [2.05, 4.69) is 25.8 Å². The number of hydrogen-bond donors (Lipinski definition) is 1. The number of thiophene rings is 1. The van der Waals surface area contributed by atoms with Crippen molar-refractivity contribution >= 4 is 38.9 Å². The van der Waals surface area contributed by atoms with Crippen molar-refractivity contribution in [3.05, 3.63) is 44.5 Å². The second kappa shape index (κ2) is 9.57. The lowest BCUT2D eigenvalue weighted by atomic mass is 9.84. The normalized spacial score (nSPS) is 14.2. The zero-order valence-electron chi connectivity index (χ0n) is 16.6. The SMILES string of the molecule is CC(C)=C(C(=O)c1cc2cc(Cl)sc2[nH]1)C1=C(C)CCCC1.CCCC. The highest BCUT2D eigenvalue weighted by atomic mass is 35.5. The number of allylic oxidation sites excluding steroid dienone is 4. The number of hydrogen-bond acceptors (Lipinski definition) is 2. The topological polar surface area (TPSA) is 32.9 Å². The van der Waals surface area contributed by atoms with Gasteiger partial charge in [-0.05, 0) is 64.2 Å². The van der Waals surface area contributed by atoms with E-state index in [0.717, 1.165) is 38.5 Å². The van der Waals surface area contributed by atoms with Crippen LogP contribution in [0, 0.1) is 0 Å². The molecule has 4 heteroatoms. The molecule has 3 rings (SSSR count). The Morgan fingerprint density at radius 1 is 1.15 bits per heavy atom. The lowest BCUT2D eigenvalue weighted by Gasteiger charge is -2.21. The van der Waals surface area contributed by atoms with E-state index in [1.807, 2.05) is 26.0 Å². The summed E-state index contributed by atoms with van der Waals surface area (Å²) in [7, 11) is 0. The number of aromatic nitrogens is 1. The lowest BCUT2D eigenvalue weighted by Crippen LogP contribution is -2.12. The molecular weight excluding hydrogens is 362 g/mol. The molecule has 0 amide bonds. The van der Waals surface area contributed by atoms with Crippen LogP contribution in [0.25, 0.3) is 10.2 Å². The number of aromatic amines is 1. The molecule has 142 valence electrons. The van der Waals surface area contributed by atoms with Crippen LogP contribution in [0.5, 0.6) is 0 Å². The number of ketones is 1. The fraction of sp³-hybridized carbons (Fsp3) is 0.500. The molecule has 0 saturated carbocycles. The van der Waals surface area contributed by atoms with E-state index in [1.54, 1.807) is 0 Å². The van der Waals surface area contributed by atoms with Gasteiger partial charge in [0, 0.05) is 11.0 Å². The molecule has 2 nitrogen and oxygen atoms in total. The lowest BCUT2D eigenvalue weighted by molar-refractivity contribution is 0.103. The average Bonchev–Trinajstić information content (AvgIpc) is 3.14. The molecule has 26 heavy (non-hydrogen) atoms. The van der Waals surface area contributed by atoms with Crippen LogP contribution in [0.15, 0.2) is 34.4 Å². The van der Waals surface area contributed by atoms with Gasteiger partial charge in [-0.15, -0.1) is 11.3 Å². The largest absolute Gasteiger partial charge is 0.343 e. The molecule has 0 spiro atoms. The Hall–Kier alpha value is -1.32. The molecule has 1 N–H and O–H groups in total. The molecule has 2 heterocycles. The van der Waals surface area contributed by atoms with Gasteiger partial charge in [0.05, 0.1) is 10.0 Å². The molecule has 2 aromatic rings. The first-order chi connectivity index (χ1) is 12.4. The van der Waals surface area contributed by atoms with Crippen molar-refractivity contribution in [2.24, 2.45) is 0 Å². The molecule has 0 unspecified atom stereocenters. The third-order valence-electron chi connectivity index (χ3n) is 4.80. The van der Waals surface area contributed by atoms with Gasteiger partial charge in [-0.1, -0.05) is 49.4 Å². The Bertz CT molecular complexity index is 800. The Morgan fingerprint density at radius 3 is 2.35 bits per heavy atom. The minimum Gasteiger partial charge on any atom is -0.343 e. The van der Waals surface area contributed by atoms with Gasteiger partial charge in [-0.25, -0.2) is 0 Å². The first kappa shape index (κ1) is 21.0. The zero-order chi connectivity index (χ0) is 19.3. The van der Waals surface area contributed by atoms with Crippen LogP contribution >= 0.6 is 22.9 Å². The summed E-state index contributed by atoms with van der Waals surface area (Å²) < 4.78 is 0.744. The average molecular weight is 392 g/mol. The van der Waals surface area contributed by atoms with Crippen molar-refractivity contribution in [1.29, 1.82) is 0 Å². The van der Waals surface area contributed by atoms with Gasteiger partial charge in [-0.3, -0.25) is 4.79 Å². The Balaban J connectivity index is 0.000000552. The maximum Gasteiger partial charge on any atom is 0.209 e. The van der Waals surface area contributed by atoms with E-state index in [-0.39, 0.29) is 5.78 Å². The number of halogens is 1. The first-order valence-corrected chi connectivity index (χ1v) is 10.8. The van der Waals surface area contributed by atoms with Crippen LogP contribution in [-0.2, 0) is 0 Å². The summed E-state index contributed by atoms with van der Waals surface area (Å²) in [5, 5.41) is 1.01. The van der Waals surface area contributed by atoms with E-state index in [0.29, 0.717) is 5.69 Å². The Kier molecular flexibility index (Phi) is 7.72. The van der Waals surface area contributed by atoms with Crippen LogP contribution in [0.1, 0.15) is 83.6 Å². The molecule has 0 bridgehead atoms. The highest BCUT2D eigenvalue weighted by Crippen LogP contribution is 2.35. The number of carbonyl (C=O) groups excluding carboxylic acids is 1. The van der Waals surface area contributed by atoms with Crippen molar-refractivity contribution in [2.45, 2.75) is 73.1 Å². The standard InChI is InChI=1S/C18H20ClNOS.C4H10/c1-10(2)16(13-7-5-4-6-11(13)3)17(21)14-8-12-9-15(19)22-18(12)20-14;1-3-4-2/h8-9,20H,4-7H2,1-3H3;3-4H2,1-2H3. The van der Waals surface area contributed by atoms with Crippen LogP contribution in [0.4, 0.5) is 0 Å². The molecule has 0 saturated heterocycles. The molecular formula is C22H30ClNOS. The summed E-state index contributed by atoms with van der Waals surface area (Å²) in [5.41, 5.74) is 5.29. The van der Waals surface area contributed by atoms with Gasteiger partial charge in [-0.2, -0.15) is 0 Å². The fourth-order valence-electron chi connectivity index (χ4n) is 3.21. The predicted octanol–water partition coefficient (Wildman–Crippen LogP) is 8.10. The van der Waals surface area contributed by atoms with Crippen molar-refractivity contribution in [3.8, 4) is 0 Å². The molecule has 2 aromatic heterocycles. The van der Waals surface area contributed by atoms with Crippen molar-refractivity contribution in [2.75, 3.05) is 0 Å². The van der Waals surface area contributed by atoms with E-state index in [1.165, 1.54) is 48.2 Å². The van der Waals surface area contributed by atoms with Crippen molar-refractivity contribution in [3.63, 3.8) is 0 Å². The molecule has 1 aliphatic carbocycles. The zero-order valence-corrected chi connectivity index (χ0v) is 18.2. The Morgan fingerprint density at radius 2 is 1.81 bits per heavy atom. The quantitative estimate of drug-likeness (QED) is 0.414. The van der Waals surface area contributed by atoms with Crippen LogP contribution in [0.2, 0.25) is 4.34 Å². The van der Waals surface area contributed by atoms with Gasteiger partial charge in [0.2, 0.25) is 5.78 Å². The van der Waals surface area contributed by atoms with E-state index < -0.39 is 0 Å². The molecule has 0 atom stereocenters. The van der Waals surface area contributed by atoms with Gasteiger partial charge in [0.15, 0.2) is 0 Å². The van der Waals surface area contributed by atoms with Crippen LogP contribution in [-0.4, -0.2) is 10.8 Å². The summed E-state index contributed by atoms with van der Waals surface area (Å²) in [6, 6.07) is 3.82. The highest BCUT2D eigenvalue weighted by Gasteiger charge is 2.23. The number of fused-ring (bicyclic) bond motifs is 1. The number of nitrogens with one attached hydrogen (secondary N) is 1. The molecule has 0 aliphatic heterocycles. The second-order valence-corrected chi connectivity index (χ2v) is 8.87. The summed E-state index contributed by atoms with van der Waals surface area (Å²) in [6.45, 7) is 10.6. The van der Waals surface area contributed by atoms with E-state index in [9.17, 15) is 4.79 Å². The third-order valence-corrected chi connectivity index (χ3v) is 5.99. The van der Waals surface area contributed by atoms with Crippen molar-refractivity contribution in [1.82, 2.24) is 4.98 Å². The van der Waals surface area contributed by atoms with Crippen molar-refractivity contribution < 1.29 is 4.79 Å². The fourth-order valence-corrected chi connectivity index (χ4v) is 4.34. The minimum atomic E-state index is 0.107. The smallest absolute Gasteiger partial charge is 0.209 e. The number of carbonyl (C=O) groups is 1. The van der Waals surface area contributed by atoms with Gasteiger partial charge in [0.25, 0.3) is 0 Å².